The zero-order chi connectivity index (χ0) is 12.1. The molecule has 0 fully saturated rings. The van der Waals surface area contributed by atoms with Crippen LogP contribution in [-0.4, -0.2) is 13.7 Å². The molecule has 0 heterocycles. The lowest BCUT2D eigenvalue weighted by molar-refractivity contribution is 0.257. The molecule has 0 unspecified atom stereocenters. The second kappa shape index (κ2) is 6.21. The van der Waals surface area contributed by atoms with E-state index in [4.69, 9.17) is 32.7 Å². The first-order valence-corrected chi connectivity index (χ1v) is 6.05. The summed E-state index contributed by atoms with van der Waals surface area (Å²) in [6.45, 7) is 4.76. The first-order valence-electron chi connectivity index (χ1n) is 5.13. The van der Waals surface area contributed by atoms with Gasteiger partial charge in [0.1, 0.15) is 0 Å². The van der Waals surface area contributed by atoms with E-state index in [2.05, 4.69) is 13.8 Å². The zero-order valence-electron chi connectivity index (χ0n) is 9.72. The van der Waals surface area contributed by atoms with Crippen molar-refractivity contribution in [3.63, 3.8) is 0 Å². The van der Waals surface area contributed by atoms with Gasteiger partial charge in [0.25, 0.3) is 0 Å². The van der Waals surface area contributed by atoms with E-state index >= 15 is 0 Å². The van der Waals surface area contributed by atoms with E-state index in [0.717, 1.165) is 5.56 Å². The predicted octanol–water partition coefficient (Wildman–Crippen LogP) is 4.12. The number of benzene rings is 1. The summed E-state index contributed by atoms with van der Waals surface area (Å²) in [5.41, 5.74) is 0.917. The molecular weight excluding hydrogens is 247 g/mol. The fourth-order valence-corrected chi connectivity index (χ4v) is 1.68. The molecule has 90 valence electrons. The van der Waals surface area contributed by atoms with Gasteiger partial charge in [-0.25, -0.2) is 0 Å². The lowest BCUT2D eigenvalue weighted by Crippen LogP contribution is -2.06. The van der Waals surface area contributed by atoms with Crippen molar-refractivity contribution in [2.45, 2.75) is 19.7 Å². The first-order chi connectivity index (χ1) is 7.58. The van der Waals surface area contributed by atoms with Crippen molar-refractivity contribution in [3.8, 4) is 11.5 Å². The van der Waals surface area contributed by atoms with E-state index < -0.39 is 0 Å². The Morgan fingerprint density at radius 2 is 2.00 bits per heavy atom. The van der Waals surface area contributed by atoms with Crippen LogP contribution in [0.4, 0.5) is 0 Å². The molecule has 0 atom stereocenters. The van der Waals surface area contributed by atoms with Gasteiger partial charge in [0, 0.05) is 5.88 Å². The van der Waals surface area contributed by atoms with Crippen LogP contribution in [0.3, 0.4) is 0 Å². The van der Waals surface area contributed by atoms with Gasteiger partial charge in [0.2, 0.25) is 0 Å². The van der Waals surface area contributed by atoms with E-state index in [1.54, 1.807) is 13.2 Å². The monoisotopic (exact) mass is 262 g/mol. The number of ether oxygens (including phenoxy) is 2. The van der Waals surface area contributed by atoms with Gasteiger partial charge in [0.15, 0.2) is 11.5 Å². The Morgan fingerprint density at radius 3 is 2.50 bits per heavy atom. The van der Waals surface area contributed by atoms with Gasteiger partial charge in [-0.2, -0.15) is 0 Å². The quantitative estimate of drug-likeness (QED) is 0.744. The van der Waals surface area contributed by atoms with Crippen molar-refractivity contribution in [2.24, 2.45) is 5.92 Å². The summed E-state index contributed by atoms with van der Waals surface area (Å²) in [6.07, 6.45) is 0. The molecule has 1 rings (SSSR count). The Hall–Kier alpha value is -0.600. The van der Waals surface area contributed by atoms with Crippen molar-refractivity contribution in [2.75, 3.05) is 13.7 Å². The number of hydrogen-bond donors (Lipinski definition) is 0. The summed E-state index contributed by atoms with van der Waals surface area (Å²) >= 11 is 11.9. The highest BCUT2D eigenvalue weighted by Crippen LogP contribution is 2.37. The van der Waals surface area contributed by atoms with Gasteiger partial charge in [-0.3, -0.25) is 0 Å². The lowest BCUT2D eigenvalue weighted by atomic mass is 10.2. The van der Waals surface area contributed by atoms with Gasteiger partial charge in [0.05, 0.1) is 18.7 Å². The van der Waals surface area contributed by atoms with Gasteiger partial charge < -0.3 is 9.47 Å². The number of methoxy groups -OCH3 is 1. The largest absolute Gasteiger partial charge is 0.493 e. The smallest absolute Gasteiger partial charge is 0.179 e. The van der Waals surface area contributed by atoms with Crippen LogP contribution in [0.2, 0.25) is 5.02 Å². The predicted molar refractivity (Wildman–Crippen MR) is 67.9 cm³/mol. The molecule has 0 aliphatic heterocycles. The third kappa shape index (κ3) is 3.46. The molecule has 0 spiro atoms. The lowest BCUT2D eigenvalue weighted by Gasteiger charge is -2.14. The molecular formula is C12H16Cl2O2. The first kappa shape index (κ1) is 13.5. The van der Waals surface area contributed by atoms with E-state index in [1.165, 1.54) is 0 Å². The zero-order valence-corrected chi connectivity index (χ0v) is 11.2. The molecule has 0 N–H and O–H groups in total. The van der Waals surface area contributed by atoms with Gasteiger partial charge in [-0.1, -0.05) is 25.4 Å². The molecule has 0 aliphatic rings. The number of halogens is 2. The third-order valence-electron chi connectivity index (χ3n) is 2.00. The highest BCUT2D eigenvalue weighted by atomic mass is 35.5. The maximum atomic E-state index is 6.11. The Kier molecular flexibility index (Phi) is 5.23. The van der Waals surface area contributed by atoms with Crippen molar-refractivity contribution in [1.82, 2.24) is 0 Å². The van der Waals surface area contributed by atoms with E-state index in [9.17, 15) is 0 Å². The van der Waals surface area contributed by atoms with E-state index in [1.807, 2.05) is 6.07 Å². The Bertz CT molecular complexity index is 351. The standard InChI is InChI=1S/C12H16Cl2O2/c1-8(2)7-16-12-10(14)4-9(6-13)5-11(12)15-3/h4-5,8H,6-7H2,1-3H3. The van der Waals surface area contributed by atoms with Gasteiger partial charge in [-0.15, -0.1) is 11.6 Å². The minimum Gasteiger partial charge on any atom is -0.493 e. The summed E-state index contributed by atoms with van der Waals surface area (Å²) in [7, 11) is 1.59. The Labute approximate surface area is 106 Å². The molecule has 16 heavy (non-hydrogen) atoms. The highest BCUT2D eigenvalue weighted by Gasteiger charge is 2.12. The van der Waals surface area contributed by atoms with Gasteiger partial charge >= 0.3 is 0 Å². The Morgan fingerprint density at radius 1 is 1.31 bits per heavy atom. The summed E-state index contributed by atoms with van der Waals surface area (Å²) in [5.74, 6) is 2.06. The van der Waals surface area contributed by atoms with Crippen LogP contribution in [0.15, 0.2) is 12.1 Å². The van der Waals surface area contributed by atoms with Crippen molar-refractivity contribution < 1.29 is 9.47 Å². The molecule has 4 heteroatoms. The third-order valence-corrected chi connectivity index (χ3v) is 2.59. The van der Waals surface area contributed by atoms with Crippen LogP contribution in [0.25, 0.3) is 0 Å². The van der Waals surface area contributed by atoms with Crippen LogP contribution < -0.4 is 9.47 Å². The maximum Gasteiger partial charge on any atom is 0.179 e. The summed E-state index contributed by atoms with van der Waals surface area (Å²) in [6, 6.07) is 3.64. The Balaban J connectivity index is 2.97. The average molecular weight is 263 g/mol. The molecule has 1 aromatic carbocycles. The van der Waals surface area contributed by atoms with Crippen LogP contribution in [0, 0.1) is 5.92 Å². The van der Waals surface area contributed by atoms with Crippen molar-refractivity contribution >= 4 is 23.2 Å². The van der Waals surface area contributed by atoms with Crippen LogP contribution in [0.5, 0.6) is 11.5 Å². The van der Waals surface area contributed by atoms with E-state index in [0.29, 0.717) is 34.9 Å². The molecule has 0 bridgehead atoms. The molecule has 0 radical (unpaired) electrons. The van der Waals surface area contributed by atoms with Crippen LogP contribution >= 0.6 is 23.2 Å². The molecule has 0 saturated heterocycles. The molecule has 0 aromatic heterocycles. The fraction of sp³-hybridized carbons (Fsp3) is 0.500. The number of alkyl halides is 1. The minimum absolute atomic E-state index is 0.403. The highest BCUT2D eigenvalue weighted by molar-refractivity contribution is 6.32. The normalized spacial score (nSPS) is 10.6. The second-order valence-corrected chi connectivity index (χ2v) is 4.62. The van der Waals surface area contributed by atoms with Crippen molar-refractivity contribution in [3.05, 3.63) is 22.7 Å². The van der Waals surface area contributed by atoms with Gasteiger partial charge in [-0.05, 0) is 23.6 Å². The average Bonchev–Trinajstić information content (AvgIpc) is 2.26. The second-order valence-electron chi connectivity index (χ2n) is 3.95. The molecule has 0 saturated carbocycles. The topological polar surface area (TPSA) is 18.5 Å². The van der Waals surface area contributed by atoms with Crippen LogP contribution in [-0.2, 0) is 5.88 Å². The SMILES string of the molecule is COc1cc(CCl)cc(Cl)c1OCC(C)C. The summed E-state index contributed by atoms with van der Waals surface area (Å²) in [5, 5.41) is 0.538. The molecule has 2 nitrogen and oxygen atoms in total. The summed E-state index contributed by atoms with van der Waals surface area (Å²) in [4.78, 5) is 0. The molecule has 0 aliphatic carbocycles. The molecule has 0 amide bonds. The van der Waals surface area contributed by atoms with Crippen LogP contribution in [0.1, 0.15) is 19.4 Å². The minimum atomic E-state index is 0.403. The summed E-state index contributed by atoms with van der Waals surface area (Å²) < 4.78 is 10.9. The maximum absolute atomic E-state index is 6.11. The van der Waals surface area contributed by atoms with Crippen molar-refractivity contribution in [1.29, 1.82) is 0 Å². The molecule has 1 aromatic rings. The number of hydrogen-bond acceptors (Lipinski definition) is 2. The fourth-order valence-electron chi connectivity index (χ4n) is 1.24. The van der Waals surface area contributed by atoms with E-state index in [-0.39, 0.29) is 0 Å². The number of rotatable bonds is 5.